The summed E-state index contributed by atoms with van der Waals surface area (Å²) in [4.78, 5) is 2.05. The summed E-state index contributed by atoms with van der Waals surface area (Å²) in [5, 5.41) is 8.87. The van der Waals surface area contributed by atoms with Crippen LogP contribution in [0.1, 0.15) is 24.5 Å². The second kappa shape index (κ2) is 9.91. The lowest BCUT2D eigenvalue weighted by Gasteiger charge is -2.15. The van der Waals surface area contributed by atoms with Crippen molar-refractivity contribution in [2.24, 2.45) is 0 Å². The Morgan fingerprint density at radius 1 is 1.04 bits per heavy atom. The molecule has 1 N–H and O–H groups in total. The van der Waals surface area contributed by atoms with Crippen molar-refractivity contribution in [3.05, 3.63) is 65.7 Å². The summed E-state index contributed by atoms with van der Waals surface area (Å²) < 4.78 is 5.75. The van der Waals surface area contributed by atoms with E-state index < -0.39 is 0 Å². The molecular weight excluding hydrogens is 298 g/mol. The minimum Gasteiger partial charge on any atom is -0.492 e. The van der Waals surface area contributed by atoms with Gasteiger partial charge in [-0.15, -0.1) is 0 Å². The molecule has 3 heteroatoms. The molecule has 0 unspecified atom stereocenters. The van der Waals surface area contributed by atoms with Gasteiger partial charge >= 0.3 is 0 Å². The average Bonchev–Trinajstić information content (AvgIpc) is 2.62. The first-order chi connectivity index (χ1) is 11.7. The molecule has 0 aromatic heterocycles. The smallest absolute Gasteiger partial charge is 0.119 e. The van der Waals surface area contributed by atoms with Crippen molar-refractivity contribution in [3.63, 3.8) is 0 Å². The zero-order valence-corrected chi connectivity index (χ0v) is 14.6. The van der Waals surface area contributed by atoms with E-state index in [0.717, 1.165) is 18.7 Å². The molecule has 0 fully saturated rings. The second-order valence-electron chi connectivity index (χ2n) is 5.83. The maximum atomic E-state index is 8.87. The summed E-state index contributed by atoms with van der Waals surface area (Å²) in [7, 11) is 1.98. The van der Waals surface area contributed by atoms with Gasteiger partial charge in [-0.1, -0.05) is 55.5 Å². The molecule has 0 saturated heterocycles. The number of allylic oxidation sites excluding steroid dienone is 1. The molecule has 0 aliphatic heterocycles. The Hall–Kier alpha value is -2.10. The molecule has 24 heavy (non-hydrogen) atoms. The minimum absolute atomic E-state index is 0.179. The largest absolute Gasteiger partial charge is 0.492 e. The summed E-state index contributed by atoms with van der Waals surface area (Å²) in [6.07, 6.45) is 3.23. The van der Waals surface area contributed by atoms with Crippen LogP contribution in [-0.2, 0) is 0 Å². The fourth-order valence-corrected chi connectivity index (χ4v) is 2.51. The van der Waals surface area contributed by atoms with Gasteiger partial charge in [0.05, 0.1) is 6.61 Å². The van der Waals surface area contributed by atoms with Gasteiger partial charge in [0, 0.05) is 13.1 Å². The Labute approximate surface area is 145 Å². The molecule has 3 nitrogen and oxygen atoms in total. The molecule has 2 rings (SSSR count). The van der Waals surface area contributed by atoms with Crippen molar-refractivity contribution in [1.29, 1.82) is 0 Å². The lowest BCUT2D eigenvalue weighted by Crippen LogP contribution is -2.27. The van der Waals surface area contributed by atoms with E-state index >= 15 is 0 Å². The van der Waals surface area contributed by atoms with Crippen LogP contribution in [0.2, 0.25) is 0 Å². The first kappa shape index (κ1) is 18.2. The van der Waals surface area contributed by atoms with Crippen molar-refractivity contribution in [2.75, 3.05) is 33.4 Å². The highest BCUT2D eigenvalue weighted by molar-refractivity contribution is 5.81. The fourth-order valence-electron chi connectivity index (χ4n) is 2.51. The number of hydrogen-bond donors (Lipinski definition) is 1. The van der Waals surface area contributed by atoms with Gasteiger partial charge in [0.2, 0.25) is 0 Å². The lowest BCUT2D eigenvalue weighted by atomic mass is 10.0. The number of hydrogen-bond acceptors (Lipinski definition) is 3. The predicted octanol–water partition coefficient (Wildman–Crippen LogP) is 3.94. The molecule has 0 amide bonds. The molecular formula is C21H27NO2. The number of rotatable bonds is 9. The van der Waals surface area contributed by atoms with Crippen LogP contribution < -0.4 is 4.74 Å². The van der Waals surface area contributed by atoms with E-state index in [1.54, 1.807) is 0 Å². The molecule has 0 aliphatic carbocycles. The topological polar surface area (TPSA) is 32.7 Å². The molecule has 2 aromatic carbocycles. The highest BCUT2D eigenvalue weighted by atomic mass is 16.5. The lowest BCUT2D eigenvalue weighted by molar-refractivity contribution is 0.192. The van der Waals surface area contributed by atoms with E-state index in [9.17, 15) is 0 Å². The van der Waals surface area contributed by atoms with Gasteiger partial charge in [0.1, 0.15) is 12.4 Å². The van der Waals surface area contributed by atoms with Crippen LogP contribution in [0.3, 0.4) is 0 Å². The molecule has 0 aliphatic rings. The summed E-state index contributed by atoms with van der Waals surface area (Å²) in [6.45, 7) is 4.45. The van der Waals surface area contributed by atoms with Gasteiger partial charge in [0.25, 0.3) is 0 Å². The van der Waals surface area contributed by atoms with Gasteiger partial charge in [-0.2, -0.15) is 0 Å². The zero-order valence-electron chi connectivity index (χ0n) is 14.6. The highest BCUT2D eigenvalue weighted by Gasteiger charge is 2.01. The van der Waals surface area contributed by atoms with Crippen molar-refractivity contribution in [1.82, 2.24) is 4.90 Å². The van der Waals surface area contributed by atoms with Crippen LogP contribution in [0.4, 0.5) is 0 Å². The molecule has 0 saturated carbocycles. The van der Waals surface area contributed by atoms with Gasteiger partial charge in [-0.05, 0) is 42.3 Å². The number of likely N-dealkylation sites (N-methyl/N-ethyl adjacent to an activating group) is 1. The average molecular weight is 325 g/mol. The van der Waals surface area contributed by atoms with Crippen LogP contribution in [0, 0.1) is 0 Å². The van der Waals surface area contributed by atoms with Crippen molar-refractivity contribution in [2.45, 2.75) is 13.3 Å². The van der Waals surface area contributed by atoms with Crippen LogP contribution in [0.5, 0.6) is 5.75 Å². The molecule has 0 heterocycles. The maximum Gasteiger partial charge on any atom is 0.119 e. The molecule has 2 aromatic rings. The third-order valence-electron chi connectivity index (χ3n) is 3.97. The van der Waals surface area contributed by atoms with E-state index in [4.69, 9.17) is 9.84 Å². The van der Waals surface area contributed by atoms with E-state index in [0.29, 0.717) is 13.2 Å². The van der Waals surface area contributed by atoms with Crippen LogP contribution in [0.25, 0.3) is 11.6 Å². The standard InChI is InChI=1S/C21H27NO2/c1-3-19(20-7-5-4-6-8-20)17-18-9-11-21(12-10-18)24-16-14-22(2)13-15-23/h4-12,17,23H,3,13-16H2,1-2H3/b19-17-. The Morgan fingerprint density at radius 2 is 1.75 bits per heavy atom. The molecule has 0 atom stereocenters. The zero-order chi connectivity index (χ0) is 17.2. The summed E-state index contributed by atoms with van der Waals surface area (Å²) in [5.41, 5.74) is 3.78. The predicted molar refractivity (Wildman–Crippen MR) is 101 cm³/mol. The van der Waals surface area contributed by atoms with E-state index in [2.05, 4.69) is 49.4 Å². The number of nitrogens with zero attached hydrogens (tertiary/aromatic N) is 1. The highest BCUT2D eigenvalue weighted by Crippen LogP contribution is 2.22. The van der Waals surface area contributed by atoms with Crippen LogP contribution in [0.15, 0.2) is 54.6 Å². The Balaban J connectivity index is 1.95. The first-order valence-electron chi connectivity index (χ1n) is 8.51. The molecule has 0 radical (unpaired) electrons. The van der Waals surface area contributed by atoms with Gasteiger partial charge < -0.3 is 14.7 Å². The Kier molecular flexibility index (Phi) is 7.53. The monoisotopic (exact) mass is 325 g/mol. The normalized spacial score (nSPS) is 11.8. The summed E-state index contributed by atoms with van der Waals surface area (Å²) >= 11 is 0. The van der Waals surface area contributed by atoms with Crippen LogP contribution in [-0.4, -0.2) is 43.4 Å². The van der Waals surface area contributed by atoms with E-state index in [-0.39, 0.29) is 6.61 Å². The SMILES string of the molecule is CC/C(=C/c1ccc(OCCN(C)CCO)cc1)c1ccccc1. The third kappa shape index (κ3) is 5.84. The Bertz CT molecular complexity index is 620. The number of benzene rings is 2. The Morgan fingerprint density at radius 3 is 2.38 bits per heavy atom. The van der Waals surface area contributed by atoms with Gasteiger partial charge in [-0.3, -0.25) is 0 Å². The molecule has 128 valence electrons. The quantitative estimate of drug-likeness (QED) is 0.709. The van der Waals surface area contributed by atoms with Crippen LogP contribution >= 0.6 is 0 Å². The van der Waals surface area contributed by atoms with Crippen molar-refractivity contribution in [3.8, 4) is 5.75 Å². The first-order valence-corrected chi connectivity index (χ1v) is 8.51. The van der Waals surface area contributed by atoms with Gasteiger partial charge in [-0.25, -0.2) is 0 Å². The summed E-state index contributed by atoms with van der Waals surface area (Å²) in [5.74, 6) is 0.877. The van der Waals surface area contributed by atoms with E-state index in [1.807, 2.05) is 30.1 Å². The minimum atomic E-state index is 0.179. The fraction of sp³-hybridized carbons (Fsp3) is 0.333. The van der Waals surface area contributed by atoms with Crippen molar-refractivity contribution >= 4 is 11.6 Å². The second-order valence-corrected chi connectivity index (χ2v) is 5.83. The molecule has 0 spiro atoms. The summed E-state index contributed by atoms with van der Waals surface area (Å²) in [6, 6.07) is 18.7. The van der Waals surface area contributed by atoms with Gasteiger partial charge in [0.15, 0.2) is 0 Å². The number of aliphatic hydroxyl groups is 1. The number of aliphatic hydroxyl groups excluding tert-OH is 1. The maximum absolute atomic E-state index is 8.87. The van der Waals surface area contributed by atoms with E-state index in [1.165, 1.54) is 16.7 Å². The number of ether oxygens (including phenoxy) is 1. The molecule has 0 bridgehead atoms. The third-order valence-corrected chi connectivity index (χ3v) is 3.97. The van der Waals surface area contributed by atoms with Crippen molar-refractivity contribution < 1.29 is 9.84 Å².